The van der Waals surface area contributed by atoms with Crippen molar-refractivity contribution in [1.29, 1.82) is 0 Å². The van der Waals surface area contributed by atoms with Crippen molar-refractivity contribution in [2.45, 2.75) is 0 Å². The first kappa shape index (κ1) is 32.2. The summed E-state index contributed by atoms with van der Waals surface area (Å²) in [5.74, 6) is 0.675. The molecule has 0 aliphatic rings. The number of para-hydroxylation sites is 1. The summed E-state index contributed by atoms with van der Waals surface area (Å²) >= 11 is 1.84. The summed E-state index contributed by atoms with van der Waals surface area (Å²) in [6.07, 6.45) is 3.64. The van der Waals surface area contributed by atoms with Crippen LogP contribution in [0, 0.1) is 0 Å². The highest BCUT2D eigenvalue weighted by Crippen LogP contribution is 2.44. The lowest BCUT2D eigenvalue weighted by Gasteiger charge is -2.13. The molecule has 0 atom stereocenters. The SMILES string of the molecule is c1ccc(-c2cc(-c3ccc(-c4ccc(-c5ccc6sc7ccccc7c6c5)c5oc6ccccc6c45)cc3)nc(-c3ccccc3-c3ccncc3)n2)cc1. The fraction of sp³-hybridized carbons (Fsp3) is 0. The molecule has 4 heterocycles. The van der Waals surface area contributed by atoms with E-state index in [1.807, 2.05) is 66.2 Å². The second-order valence-corrected chi connectivity index (χ2v) is 15.0. The third-order valence-electron chi connectivity index (χ3n) is 10.7. The highest BCUT2D eigenvalue weighted by molar-refractivity contribution is 7.25. The van der Waals surface area contributed by atoms with Crippen LogP contribution in [0.15, 0.2) is 193 Å². The van der Waals surface area contributed by atoms with E-state index in [0.29, 0.717) is 5.82 Å². The lowest BCUT2D eigenvalue weighted by molar-refractivity contribution is 0.670. The Morgan fingerprint density at radius 2 is 1.00 bits per heavy atom. The molecule has 0 aliphatic heterocycles. The number of hydrogen-bond donors (Lipinski definition) is 0. The zero-order chi connectivity index (χ0) is 37.0. The number of aromatic nitrogens is 3. The Balaban J connectivity index is 1.04. The largest absolute Gasteiger partial charge is 0.455 e. The second-order valence-electron chi connectivity index (χ2n) is 14.0. The van der Waals surface area contributed by atoms with E-state index in [9.17, 15) is 0 Å². The van der Waals surface area contributed by atoms with Crippen LogP contribution in [-0.2, 0) is 0 Å². The number of thiophene rings is 1. The van der Waals surface area contributed by atoms with Crippen LogP contribution in [0.1, 0.15) is 0 Å². The van der Waals surface area contributed by atoms with Crippen LogP contribution in [0.25, 0.3) is 109 Å². The van der Waals surface area contributed by atoms with Crippen LogP contribution in [0.4, 0.5) is 0 Å². The third-order valence-corrected chi connectivity index (χ3v) is 11.8. The van der Waals surface area contributed by atoms with Gasteiger partial charge in [0.05, 0.1) is 11.4 Å². The van der Waals surface area contributed by atoms with Crippen molar-refractivity contribution in [2.24, 2.45) is 0 Å². The number of furan rings is 1. The van der Waals surface area contributed by atoms with E-state index in [1.165, 1.54) is 20.2 Å². The summed E-state index contributed by atoms with van der Waals surface area (Å²) in [6, 6.07) is 61.7. The predicted octanol–water partition coefficient (Wildman–Crippen LogP) is 14.1. The van der Waals surface area contributed by atoms with Crippen LogP contribution in [0.5, 0.6) is 0 Å². The lowest BCUT2D eigenvalue weighted by atomic mass is 9.93. The van der Waals surface area contributed by atoms with E-state index in [1.54, 1.807) is 0 Å². The van der Waals surface area contributed by atoms with Gasteiger partial charge in [-0.1, -0.05) is 127 Å². The first-order chi connectivity index (χ1) is 27.7. The number of benzene rings is 7. The molecule has 11 aromatic rings. The normalized spacial score (nSPS) is 11.6. The molecule has 0 aliphatic carbocycles. The van der Waals surface area contributed by atoms with E-state index in [-0.39, 0.29) is 0 Å². The van der Waals surface area contributed by atoms with Gasteiger partial charge >= 0.3 is 0 Å². The minimum Gasteiger partial charge on any atom is -0.455 e. The van der Waals surface area contributed by atoms with Gasteiger partial charge in [-0.15, -0.1) is 11.3 Å². The zero-order valence-corrected chi connectivity index (χ0v) is 30.9. The molecular formula is C51H31N3OS. The molecule has 11 rings (SSSR count). The lowest BCUT2D eigenvalue weighted by Crippen LogP contribution is -1.97. The minimum absolute atomic E-state index is 0.675. The molecule has 0 spiro atoms. The molecule has 0 radical (unpaired) electrons. The van der Waals surface area contributed by atoms with Crippen molar-refractivity contribution in [3.8, 4) is 67.3 Å². The summed E-state index contributed by atoms with van der Waals surface area (Å²) in [5.41, 5.74) is 13.1. The predicted molar refractivity (Wildman–Crippen MR) is 233 cm³/mol. The summed E-state index contributed by atoms with van der Waals surface area (Å²) in [6.45, 7) is 0. The van der Waals surface area contributed by atoms with Gasteiger partial charge in [0, 0.05) is 65.6 Å². The molecule has 56 heavy (non-hydrogen) atoms. The van der Waals surface area contributed by atoms with Crippen molar-refractivity contribution in [1.82, 2.24) is 15.0 Å². The van der Waals surface area contributed by atoms with E-state index in [4.69, 9.17) is 14.4 Å². The molecule has 7 aromatic carbocycles. The fourth-order valence-corrected chi connectivity index (χ4v) is 9.03. The smallest absolute Gasteiger partial charge is 0.161 e. The molecule has 0 bridgehead atoms. The molecule has 0 fully saturated rings. The molecule has 262 valence electrons. The fourth-order valence-electron chi connectivity index (χ4n) is 7.94. The average molecular weight is 734 g/mol. The molecule has 0 amide bonds. The Kier molecular flexibility index (Phi) is 7.64. The number of nitrogens with zero attached hydrogens (tertiary/aromatic N) is 3. The molecule has 0 saturated carbocycles. The minimum atomic E-state index is 0.675. The number of rotatable bonds is 6. The van der Waals surface area contributed by atoms with Gasteiger partial charge < -0.3 is 4.42 Å². The van der Waals surface area contributed by atoms with E-state index >= 15 is 0 Å². The van der Waals surface area contributed by atoms with Crippen molar-refractivity contribution in [3.05, 3.63) is 188 Å². The Bertz CT molecular complexity index is 3240. The van der Waals surface area contributed by atoms with Gasteiger partial charge in [-0.25, -0.2) is 9.97 Å². The monoisotopic (exact) mass is 733 g/mol. The van der Waals surface area contributed by atoms with Crippen LogP contribution in [-0.4, -0.2) is 15.0 Å². The number of hydrogen-bond acceptors (Lipinski definition) is 5. The van der Waals surface area contributed by atoms with Crippen LogP contribution in [0.3, 0.4) is 0 Å². The van der Waals surface area contributed by atoms with Gasteiger partial charge in [-0.05, 0) is 76.3 Å². The summed E-state index contributed by atoms with van der Waals surface area (Å²) in [4.78, 5) is 14.6. The molecule has 5 heteroatoms. The van der Waals surface area contributed by atoms with Crippen molar-refractivity contribution < 1.29 is 4.42 Å². The molecule has 4 nitrogen and oxygen atoms in total. The second kappa shape index (κ2) is 13.3. The zero-order valence-electron chi connectivity index (χ0n) is 30.1. The molecule has 0 N–H and O–H groups in total. The van der Waals surface area contributed by atoms with E-state index in [2.05, 4.69) is 138 Å². The maximum atomic E-state index is 6.71. The average Bonchev–Trinajstić information content (AvgIpc) is 3.85. The number of fused-ring (bicyclic) bond motifs is 6. The Morgan fingerprint density at radius 1 is 0.393 bits per heavy atom. The highest BCUT2D eigenvalue weighted by atomic mass is 32.1. The highest BCUT2D eigenvalue weighted by Gasteiger charge is 2.19. The molecule has 4 aromatic heterocycles. The van der Waals surface area contributed by atoms with Crippen molar-refractivity contribution in [3.63, 3.8) is 0 Å². The Hall–Kier alpha value is -7.21. The topological polar surface area (TPSA) is 51.8 Å². The van der Waals surface area contributed by atoms with Gasteiger partial charge in [0.1, 0.15) is 11.2 Å². The van der Waals surface area contributed by atoms with Crippen molar-refractivity contribution >= 4 is 53.4 Å². The van der Waals surface area contributed by atoms with Gasteiger partial charge in [-0.2, -0.15) is 0 Å². The first-order valence-corrected chi connectivity index (χ1v) is 19.5. The molecule has 0 unspecified atom stereocenters. The van der Waals surface area contributed by atoms with E-state index in [0.717, 1.165) is 83.4 Å². The van der Waals surface area contributed by atoms with Gasteiger partial charge in [0.2, 0.25) is 0 Å². The third kappa shape index (κ3) is 5.48. The Labute approximate surface area is 327 Å². The molecular weight excluding hydrogens is 703 g/mol. The van der Waals surface area contributed by atoms with Gasteiger partial charge in [-0.3, -0.25) is 4.98 Å². The first-order valence-electron chi connectivity index (χ1n) is 18.7. The molecule has 0 saturated heterocycles. The summed E-state index contributed by atoms with van der Waals surface area (Å²) in [5, 5.41) is 4.78. The number of pyridine rings is 1. The van der Waals surface area contributed by atoms with Crippen LogP contribution >= 0.6 is 11.3 Å². The van der Waals surface area contributed by atoms with Gasteiger partial charge in [0.25, 0.3) is 0 Å². The van der Waals surface area contributed by atoms with Gasteiger partial charge in [0.15, 0.2) is 5.82 Å². The van der Waals surface area contributed by atoms with Crippen LogP contribution in [0.2, 0.25) is 0 Å². The standard InChI is InChI=1S/C51H31N3OS/c1-2-10-34(11-3-1)44-31-45(54-51(53-44)41-14-5-4-12-37(41)33-26-28-52-29-27-33)35-20-18-32(19-21-35)38-23-24-39(50-49(38)42-15-6-8-16-46(42)55-50)36-22-25-48-43(30-36)40-13-7-9-17-47(40)56-48/h1-31H. The van der Waals surface area contributed by atoms with E-state index < -0.39 is 0 Å². The summed E-state index contributed by atoms with van der Waals surface area (Å²) in [7, 11) is 0. The van der Waals surface area contributed by atoms with Crippen molar-refractivity contribution in [2.75, 3.05) is 0 Å². The maximum Gasteiger partial charge on any atom is 0.161 e. The summed E-state index contributed by atoms with van der Waals surface area (Å²) < 4.78 is 9.30. The van der Waals surface area contributed by atoms with Crippen LogP contribution < -0.4 is 0 Å². The Morgan fingerprint density at radius 3 is 1.82 bits per heavy atom. The maximum absolute atomic E-state index is 6.71. The quantitative estimate of drug-likeness (QED) is 0.171.